The Labute approximate surface area is 157 Å². The van der Waals surface area contributed by atoms with Crippen LogP contribution in [-0.2, 0) is 11.3 Å². The van der Waals surface area contributed by atoms with Crippen LogP contribution >= 0.6 is 15.9 Å². The molecule has 0 unspecified atom stereocenters. The average Bonchev–Trinajstić information content (AvgIpc) is 2.58. The van der Waals surface area contributed by atoms with Gasteiger partial charge in [0.1, 0.15) is 12.4 Å². The number of benzene rings is 2. The summed E-state index contributed by atoms with van der Waals surface area (Å²) in [6, 6.07) is 11.9. The minimum atomic E-state index is -4.39. The minimum Gasteiger partial charge on any atom is -0.496 e. The zero-order chi connectivity index (χ0) is 19.2. The van der Waals surface area contributed by atoms with Crippen LogP contribution in [0.25, 0.3) is 6.08 Å². The molecule has 0 aliphatic heterocycles. The molecule has 0 saturated carbocycles. The lowest BCUT2D eigenvalue weighted by atomic mass is 10.1. The van der Waals surface area contributed by atoms with Gasteiger partial charge in [0.2, 0.25) is 0 Å². The normalized spacial score (nSPS) is 11.7. The second kappa shape index (κ2) is 9.00. The predicted molar refractivity (Wildman–Crippen MR) is 96.2 cm³/mol. The summed E-state index contributed by atoms with van der Waals surface area (Å²) in [5.74, 6) is 0.236. The molecule has 2 rings (SSSR count). The fourth-order valence-corrected chi connectivity index (χ4v) is 2.60. The largest absolute Gasteiger partial charge is 0.496 e. The van der Waals surface area contributed by atoms with Gasteiger partial charge in [-0.2, -0.15) is 13.2 Å². The third-order valence-corrected chi connectivity index (χ3v) is 3.86. The van der Waals surface area contributed by atoms with E-state index in [-0.39, 0.29) is 12.4 Å². The number of ketones is 1. The summed E-state index contributed by atoms with van der Waals surface area (Å²) in [6.45, 7) is -1.58. The van der Waals surface area contributed by atoms with Crippen LogP contribution in [0.1, 0.15) is 21.5 Å². The summed E-state index contributed by atoms with van der Waals surface area (Å²) < 4.78 is 47.3. The van der Waals surface area contributed by atoms with Gasteiger partial charge >= 0.3 is 6.18 Å². The SMILES string of the molecule is COc1ccc(/C=C/C(=O)c2cccc(Br)c2)cc1COCC(F)(F)F. The molecular weight excluding hydrogens is 413 g/mol. The molecule has 2 aromatic rings. The van der Waals surface area contributed by atoms with Crippen molar-refractivity contribution in [1.82, 2.24) is 0 Å². The Morgan fingerprint density at radius 2 is 1.96 bits per heavy atom. The standard InChI is InChI=1S/C19H16BrF3O3/c1-25-18-8-6-13(9-15(18)11-26-12-19(21,22)23)5-7-17(24)14-3-2-4-16(20)10-14/h2-10H,11-12H2,1H3/b7-5+. The summed E-state index contributed by atoms with van der Waals surface area (Å²) in [5, 5.41) is 0. The van der Waals surface area contributed by atoms with Crippen LogP contribution in [0.2, 0.25) is 0 Å². The molecule has 0 saturated heterocycles. The Balaban J connectivity index is 2.11. The minimum absolute atomic E-state index is 0.183. The number of rotatable bonds is 7. The van der Waals surface area contributed by atoms with E-state index in [0.29, 0.717) is 22.4 Å². The van der Waals surface area contributed by atoms with Crippen LogP contribution in [0, 0.1) is 0 Å². The number of ether oxygens (including phenoxy) is 2. The van der Waals surface area contributed by atoms with E-state index >= 15 is 0 Å². The highest BCUT2D eigenvalue weighted by Crippen LogP contribution is 2.23. The first-order valence-corrected chi connectivity index (χ1v) is 8.37. The lowest BCUT2D eigenvalue weighted by Gasteiger charge is -2.11. The third kappa shape index (κ3) is 6.31. The quantitative estimate of drug-likeness (QED) is 0.435. The summed E-state index contributed by atoms with van der Waals surface area (Å²) in [5.41, 5.74) is 1.64. The van der Waals surface area contributed by atoms with Crippen molar-refractivity contribution in [2.45, 2.75) is 12.8 Å². The van der Waals surface area contributed by atoms with Crippen molar-refractivity contribution >= 4 is 27.8 Å². The number of carbonyl (C=O) groups is 1. The molecule has 0 atom stereocenters. The van der Waals surface area contributed by atoms with Gasteiger partial charge in [0.25, 0.3) is 0 Å². The first-order chi connectivity index (χ1) is 12.3. The van der Waals surface area contributed by atoms with Crippen LogP contribution in [-0.4, -0.2) is 25.7 Å². The van der Waals surface area contributed by atoms with Gasteiger partial charge in [-0.25, -0.2) is 0 Å². The Kier molecular flexibility index (Phi) is 6.99. The number of hydrogen-bond donors (Lipinski definition) is 0. The fourth-order valence-electron chi connectivity index (χ4n) is 2.20. The van der Waals surface area contributed by atoms with Crippen molar-refractivity contribution in [3.8, 4) is 5.75 Å². The fraction of sp³-hybridized carbons (Fsp3) is 0.211. The van der Waals surface area contributed by atoms with Gasteiger partial charge in [-0.1, -0.05) is 40.2 Å². The summed E-state index contributed by atoms with van der Waals surface area (Å²) in [4.78, 5) is 12.2. The van der Waals surface area contributed by atoms with Crippen molar-refractivity contribution in [1.29, 1.82) is 0 Å². The van der Waals surface area contributed by atoms with E-state index < -0.39 is 12.8 Å². The molecule has 7 heteroatoms. The van der Waals surface area contributed by atoms with Gasteiger partial charge in [-0.05, 0) is 35.9 Å². The Hall–Kier alpha value is -2.12. The zero-order valence-electron chi connectivity index (χ0n) is 13.8. The van der Waals surface area contributed by atoms with E-state index in [1.54, 1.807) is 42.5 Å². The van der Waals surface area contributed by atoms with E-state index in [1.807, 2.05) is 6.07 Å². The van der Waals surface area contributed by atoms with Crippen molar-refractivity contribution in [3.05, 3.63) is 69.7 Å². The first-order valence-electron chi connectivity index (χ1n) is 7.58. The predicted octanol–water partition coefficient (Wildman–Crippen LogP) is 5.43. The van der Waals surface area contributed by atoms with E-state index in [1.165, 1.54) is 13.2 Å². The number of alkyl halides is 3. The molecule has 0 radical (unpaired) electrons. The van der Waals surface area contributed by atoms with Crippen LogP contribution in [0.3, 0.4) is 0 Å². The molecular formula is C19H16BrF3O3. The Morgan fingerprint density at radius 1 is 1.19 bits per heavy atom. The molecule has 0 spiro atoms. The zero-order valence-corrected chi connectivity index (χ0v) is 15.4. The average molecular weight is 429 g/mol. The monoisotopic (exact) mass is 428 g/mol. The van der Waals surface area contributed by atoms with Gasteiger partial charge < -0.3 is 9.47 Å². The Morgan fingerprint density at radius 3 is 2.62 bits per heavy atom. The third-order valence-electron chi connectivity index (χ3n) is 3.36. The molecule has 0 N–H and O–H groups in total. The molecule has 0 heterocycles. The maximum atomic E-state index is 12.2. The molecule has 3 nitrogen and oxygen atoms in total. The van der Waals surface area contributed by atoms with Gasteiger partial charge in [-0.15, -0.1) is 0 Å². The van der Waals surface area contributed by atoms with E-state index in [4.69, 9.17) is 4.74 Å². The molecule has 0 aromatic heterocycles. The second-order valence-corrected chi connectivity index (χ2v) is 6.30. The molecule has 0 bridgehead atoms. The number of halogens is 4. The molecule has 26 heavy (non-hydrogen) atoms. The van der Waals surface area contributed by atoms with Crippen LogP contribution in [0.15, 0.2) is 53.0 Å². The van der Waals surface area contributed by atoms with Gasteiger partial charge in [0.05, 0.1) is 13.7 Å². The van der Waals surface area contributed by atoms with E-state index in [2.05, 4.69) is 20.7 Å². The molecule has 0 aliphatic rings. The van der Waals surface area contributed by atoms with Crippen molar-refractivity contribution in [3.63, 3.8) is 0 Å². The van der Waals surface area contributed by atoms with E-state index in [0.717, 1.165) is 4.47 Å². The highest BCUT2D eigenvalue weighted by atomic mass is 79.9. The molecule has 138 valence electrons. The van der Waals surface area contributed by atoms with E-state index in [9.17, 15) is 18.0 Å². The smallest absolute Gasteiger partial charge is 0.411 e. The molecule has 0 amide bonds. The number of methoxy groups -OCH3 is 1. The molecule has 0 aliphatic carbocycles. The van der Waals surface area contributed by atoms with Gasteiger partial charge in [-0.3, -0.25) is 4.79 Å². The van der Waals surface area contributed by atoms with Crippen molar-refractivity contribution in [2.24, 2.45) is 0 Å². The highest BCUT2D eigenvalue weighted by molar-refractivity contribution is 9.10. The van der Waals surface area contributed by atoms with Gasteiger partial charge in [0, 0.05) is 15.6 Å². The van der Waals surface area contributed by atoms with Crippen molar-refractivity contribution < 1.29 is 27.4 Å². The van der Waals surface area contributed by atoms with Crippen LogP contribution in [0.4, 0.5) is 13.2 Å². The van der Waals surface area contributed by atoms with Crippen LogP contribution < -0.4 is 4.74 Å². The number of carbonyl (C=O) groups excluding carboxylic acids is 1. The van der Waals surface area contributed by atoms with Gasteiger partial charge in [0.15, 0.2) is 5.78 Å². The highest BCUT2D eigenvalue weighted by Gasteiger charge is 2.27. The van der Waals surface area contributed by atoms with Crippen LogP contribution in [0.5, 0.6) is 5.75 Å². The number of hydrogen-bond acceptors (Lipinski definition) is 3. The Bertz CT molecular complexity index is 801. The summed E-state index contributed by atoms with van der Waals surface area (Å²) >= 11 is 3.31. The molecule has 0 fully saturated rings. The maximum absolute atomic E-state index is 12.2. The maximum Gasteiger partial charge on any atom is 0.411 e. The summed E-state index contributed by atoms with van der Waals surface area (Å²) in [6.07, 6.45) is -1.39. The number of allylic oxidation sites excluding steroid dienone is 1. The van der Waals surface area contributed by atoms with Crippen molar-refractivity contribution in [2.75, 3.05) is 13.7 Å². The molecule has 2 aromatic carbocycles. The lowest BCUT2D eigenvalue weighted by molar-refractivity contribution is -0.176. The summed E-state index contributed by atoms with van der Waals surface area (Å²) in [7, 11) is 1.43. The topological polar surface area (TPSA) is 35.5 Å². The second-order valence-electron chi connectivity index (χ2n) is 5.39. The first kappa shape index (κ1) is 20.2. The lowest BCUT2D eigenvalue weighted by Crippen LogP contribution is -2.16.